The van der Waals surface area contributed by atoms with Crippen molar-refractivity contribution in [2.24, 2.45) is 10.5 Å². The topological polar surface area (TPSA) is 47.9 Å². The van der Waals surface area contributed by atoms with Crippen molar-refractivity contribution in [3.8, 4) is 0 Å². The van der Waals surface area contributed by atoms with Crippen LogP contribution in [0, 0.1) is 5.41 Å². The molecule has 1 aliphatic heterocycles. The van der Waals surface area contributed by atoms with Gasteiger partial charge in [-0.25, -0.2) is 5.43 Å². The summed E-state index contributed by atoms with van der Waals surface area (Å²) in [5, 5.41) is 4.22. The van der Waals surface area contributed by atoms with Crippen molar-refractivity contribution in [3.05, 3.63) is 65.7 Å². The van der Waals surface area contributed by atoms with Gasteiger partial charge in [-0.2, -0.15) is 5.10 Å². The van der Waals surface area contributed by atoms with Crippen molar-refractivity contribution < 1.29 is 4.79 Å². The molecule has 0 atom stereocenters. The van der Waals surface area contributed by atoms with Crippen molar-refractivity contribution in [2.45, 2.75) is 34.2 Å². The second-order valence-electron chi connectivity index (χ2n) is 8.68. The van der Waals surface area contributed by atoms with Gasteiger partial charge in [-0.1, -0.05) is 51.1 Å². The minimum Gasteiger partial charge on any atom is -0.369 e. The zero-order valence-corrected chi connectivity index (χ0v) is 18.0. The monoisotopic (exact) mass is 392 g/mol. The highest BCUT2D eigenvalue weighted by Crippen LogP contribution is 2.17. The second-order valence-corrected chi connectivity index (χ2v) is 8.68. The number of rotatable bonds is 5. The van der Waals surface area contributed by atoms with E-state index in [2.05, 4.69) is 71.4 Å². The number of carbonyl (C=O) groups excluding carboxylic acids is 1. The first kappa shape index (κ1) is 21.1. The van der Waals surface area contributed by atoms with Gasteiger partial charge in [0, 0.05) is 55.1 Å². The van der Waals surface area contributed by atoms with Gasteiger partial charge in [-0.05, 0) is 36.8 Å². The highest BCUT2D eigenvalue weighted by molar-refractivity contribution is 5.95. The second kappa shape index (κ2) is 9.23. The fourth-order valence-corrected chi connectivity index (χ4v) is 3.19. The van der Waals surface area contributed by atoms with E-state index in [9.17, 15) is 4.79 Å². The van der Waals surface area contributed by atoms with Crippen molar-refractivity contribution in [3.63, 3.8) is 0 Å². The Bertz CT molecular complexity index is 829. The van der Waals surface area contributed by atoms with E-state index >= 15 is 0 Å². The number of benzene rings is 2. The molecule has 5 heteroatoms. The number of nitrogens with zero attached hydrogens (tertiary/aromatic N) is 3. The Morgan fingerprint density at radius 3 is 2.17 bits per heavy atom. The summed E-state index contributed by atoms with van der Waals surface area (Å²) >= 11 is 0. The lowest BCUT2D eigenvalue weighted by molar-refractivity contribution is 0.0954. The van der Waals surface area contributed by atoms with E-state index in [1.165, 1.54) is 11.3 Å². The fourth-order valence-electron chi connectivity index (χ4n) is 3.19. The number of carbonyl (C=O) groups is 1. The van der Waals surface area contributed by atoms with Crippen molar-refractivity contribution in [1.29, 1.82) is 0 Å². The Labute approximate surface area is 174 Å². The van der Waals surface area contributed by atoms with Gasteiger partial charge < -0.3 is 4.90 Å². The van der Waals surface area contributed by atoms with Gasteiger partial charge in [-0.15, -0.1) is 0 Å². The van der Waals surface area contributed by atoms with E-state index < -0.39 is 0 Å². The molecule has 154 valence electrons. The number of piperazine rings is 1. The highest BCUT2D eigenvalue weighted by Gasteiger charge is 2.18. The number of hydrogen-bond acceptors (Lipinski definition) is 4. The smallest absolute Gasteiger partial charge is 0.271 e. The normalized spacial score (nSPS) is 16.0. The average Bonchev–Trinajstić information content (AvgIpc) is 2.73. The van der Waals surface area contributed by atoms with Gasteiger partial charge >= 0.3 is 0 Å². The summed E-state index contributed by atoms with van der Waals surface area (Å²) in [6.45, 7) is 13.2. The first-order valence-electron chi connectivity index (χ1n) is 10.3. The third-order valence-electron chi connectivity index (χ3n) is 5.53. The molecular weight excluding hydrogens is 360 g/mol. The average molecular weight is 393 g/mol. The summed E-state index contributed by atoms with van der Waals surface area (Å²) in [5.41, 5.74) is 6.66. The van der Waals surface area contributed by atoms with Gasteiger partial charge in [0.1, 0.15) is 0 Å². The van der Waals surface area contributed by atoms with E-state index in [0.29, 0.717) is 5.56 Å². The number of amides is 1. The Kier molecular flexibility index (Phi) is 6.70. The van der Waals surface area contributed by atoms with Gasteiger partial charge in [0.25, 0.3) is 5.91 Å². The van der Waals surface area contributed by atoms with E-state index in [4.69, 9.17) is 0 Å². The minimum absolute atomic E-state index is 0.0539. The summed E-state index contributed by atoms with van der Waals surface area (Å²) in [5.74, 6) is -0.170. The molecule has 2 aromatic rings. The molecule has 1 fully saturated rings. The van der Waals surface area contributed by atoms with E-state index in [-0.39, 0.29) is 11.3 Å². The van der Waals surface area contributed by atoms with Crippen LogP contribution in [-0.2, 0) is 6.54 Å². The lowest BCUT2D eigenvalue weighted by atomic mass is 9.91. The molecule has 2 aromatic carbocycles. The van der Waals surface area contributed by atoms with Crippen LogP contribution in [0.15, 0.2) is 59.7 Å². The molecule has 0 unspecified atom stereocenters. The lowest BCUT2D eigenvalue weighted by Gasteiger charge is -2.36. The van der Waals surface area contributed by atoms with E-state index in [1.807, 2.05) is 31.2 Å². The minimum atomic E-state index is -0.170. The summed E-state index contributed by atoms with van der Waals surface area (Å²) in [4.78, 5) is 17.2. The van der Waals surface area contributed by atoms with Crippen LogP contribution in [0.5, 0.6) is 0 Å². The van der Waals surface area contributed by atoms with Crippen LogP contribution >= 0.6 is 0 Å². The van der Waals surface area contributed by atoms with E-state index in [0.717, 1.165) is 38.4 Å². The van der Waals surface area contributed by atoms with Crippen LogP contribution in [0.2, 0.25) is 0 Å². The molecular formula is C24H32N4O. The maximum atomic E-state index is 12.3. The molecule has 29 heavy (non-hydrogen) atoms. The molecule has 0 radical (unpaired) electrons. The van der Waals surface area contributed by atoms with Gasteiger partial charge in [0.2, 0.25) is 0 Å². The molecule has 1 amide bonds. The van der Waals surface area contributed by atoms with Crippen molar-refractivity contribution in [1.82, 2.24) is 10.3 Å². The molecule has 1 heterocycles. The Morgan fingerprint density at radius 2 is 1.59 bits per heavy atom. The number of hydrazone groups is 1. The number of para-hydroxylation sites is 1. The number of anilines is 1. The van der Waals surface area contributed by atoms with Crippen molar-refractivity contribution >= 4 is 17.3 Å². The Hall–Kier alpha value is -2.66. The molecule has 1 saturated heterocycles. The van der Waals surface area contributed by atoms with Gasteiger partial charge in [0.05, 0.1) is 0 Å². The third kappa shape index (κ3) is 5.91. The molecule has 0 spiro atoms. The highest BCUT2D eigenvalue weighted by atomic mass is 16.2. The van der Waals surface area contributed by atoms with Crippen LogP contribution in [0.4, 0.5) is 5.69 Å². The predicted molar refractivity (Wildman–Crippen MR) is 120 cm³/mol. The molecule has 5 nitrogen and oxygen atoms in total. The SMILES string of the molecule is C/C(=N\NC(=O)c1ccc(CN2CCN(c3ccccc3)CC2)cc1)C(C)(C)C. The van der Waals surface area contributed by atoms with Gasteiger partial charge in [0.15, 0.2) is 0 Å². The molecule has 0 saturated carbocycles. The molecule has 0 aliphatic carbocycles. The summed E-state index contributed by atoms with van der Waals surface area (Å²) in [6, 6.07) is 18.4. The Morgan fingerprint density at radius 1 is 0.966 bits per heavy atom. The van der Waals surface area contributed by atoms with Crippen molar-refractivity contribution in [2.75, 3.05) is 31.1 Å². The number of nitrogens with one attached hydrogen (secondary N) is 1. The van der Waals surface area contributed by atoms with Crippen LogP contribution in [-0.4, -0.2) is 42.7 Å². The Balaban J connectivity index is 1.50. The maximum absolute atomic E-state index is 12.3. The molecule has 1 N–H and O–H groups in total. The predicted octanol–water partition coefficient (Wildman–Crippen LogP) is 4.16. The first-order valence-corrected chi connectivity index (χ1v) is 10.3. The molecule has 3 rings (SSSR count). The van der Waals surface area contributed by atoms with Crippen LogP contribution in [0.1, 0.15) is 43.6 Å². The zero-order chi connectivity index (χ0) is 20.9. The quantitative estimate of drug-likeness (QED) is 0.614. The zero-order valence-electron chi connectivity index (χ0n) is 18.0. The van der Waals surface area contributed by atoms with Crippen LogP contribution in [0.3, 0.4) is 0 Å². The van der Waals surface area contributed by atoms with Crippen LogP contribution in [0.25, 0.3) is 0 Å². The number of hydrogen-bond donors (Lipinski definition) is 1. The van der Waals surface area contributed by atoms with Crippen LogP contribution < -0.4 is 10.3 Å². The lowest BCUT2D eigenvalue weighted by Crippen LogP contribution is -2.45. The molecule has 1 aliphatic rings. The fraction of sp³-hybridized carbons (Fsp3) is 0.417. The third-order valence-corrected chi connectivity index (χ3v) is 5.53. The standard InChI is InChI=1S/C24H32N4O/c1-19(24(2,3)4)25-26-23(29)21-12-10-20(11-13-21)18-27-14-16-28(17-15-27)22-8-6-5-7-9-22/h5-13H,14-18H2,1-4H3,(H,26,29)/b25-19+. The summed E-state index contributed by atoms with van der Waals surface area (Å²) in [6.07, 6.45) is 0. The van der Waals surface area contributed by atoms with E-state index in [1.54, 1.807) is 0 Å². The largest absolute Gasteiger partial charge is 0.369 e. The summed E-state index contributed by atoms with van der Waals surface area (Å²) < 4.78 is 0. The first-order chi connectivity index (χ1) is 13.8. The van der Waals surface area contributed by atoms with Gasteiger partial charge in [-0.3, -0.25) is 9.69 Å². The maximum Gasteiger partial charge on any atom is 0.271 e. The molecule has 0 aromatic heterocycles. The summed E-state index contributed by atoms with van der Waals surface area (Å²) in [7, 11) is 0. The molecule has 0 bridgehead atoms.